The number of rotatable bonds is 8. The van der Waals surface area contributed by atoms with Gasteiger partial charge in [-0.15, -0.1) is 0 Å². The number of amides is 2. The molecule has 6 nitrogen and oxygen atoms in total. The van der Waals surface area contributed by atoms with Crippen LogP contribution in [-0.2, 0) is 16.0 Å². The maximum atomic E-state index is 13.8. The summed E-state index contributed by atoms with van der Waals surface area (Å²) in [7, 11) is 1.56. The van der Waals surface area contributed by atoms with Crippen molar-refractivity contribution in [3.63, 3.8) is 0 Å². The topological polar surface area (TPSA) is 62.7 Å². The van der Waals surface area contributed by atoms with Crippen molar-refractivity contribution in [2.45, 2.75) is 27.2 Å². The minimum absolute atomic E-state index is 0.315. The number of anilines is 1. The van der Waals surface area contributed by atoms with Crippen LogP contribution in [0, 0.1) is 13.8 Å². The molecule has 0 radical (unpaired) electrons. The lowest BCUT2D eigenvalue weighted by Crippen LogP contribution is -2.36. The normalized spacial score (nSPS) is 13.6. The molecule has 1 aliphatic rings. The van der Waals surface area contributed by atoms with Crippen LogP contribution in [-0.4, -0.2) is 41.9 Å². The first-order valence-corrected chi connectivity index (χ1v) is 11.4. The summed E-state index contributed by atoms with van der Waals surface area (Å²) in [5, 5.41) is 0. The molecule has 0 N–H and O–H groups in total. The van der Waals surface area contributed by atoms with Crippen molar-refractivity contribution in [3.05, 3.63) is 94.9 Å². The average Bonchev–Trinajstić information content (AvgIpc) is 3.10. The summed E-state index contributed by atoms with van der Waals surface area (Å²) in [4.78, 5) is 35.0. The molecule has 1 aromatic heterocycles. The first kappa shape index (κ1) is 23.2. The van der Waals surface area contributed by atoms with E-state index in [2.05, 4.69) is 4.98 Å². The van der Waals surface area contributed by atoms with Crippen LogP contribution in [0.5, 0.6) is 5.75 Å². The van der Waals surface area contributed by atoms with Crippen LogP contribution in [0.4, 0.5) is 5.69 Å². The Balaban J connectivity index is 1.80. The van der Waals surface area contributed by atoms with Gasteiger partial charge in [-0.2, -0.15) is 0 Å². The number of carbonyl (C=O) groups excluding carboxylic acids is 2. The van der Waals surface area contributed by atoms with E-state index in [4.69, 9.17) is 4.74 Å². The van der Waals surface area contributed by atoms with Gasteiger partial charge in [-0.1, -0.05) is 29.8 Å². The molecule has 0 bridgehead atoms. The van der Waals surface area contributed by atoms with Crippen molar-refractivity contribution in [2.24, 2.45) is 0 Å². The molecule has 2 heterocycles. The fourth-order valence-corrected chi connectivity index (χ4v) is 4.37. The monoisotopic (exact) mass is 455 g/mol. The Morgan fingerprint density at radius 3 is 2.41 bits per heavy atom. The molecule has 0 saturated heterocycles. The highest BCUT2D eigenvalue weighted by Gasteiger charge is 2.42. The zero-order valence-electron chi connectivity index (χ0n) is 20.0. The van der Waals surface area contributed by atoms with Crippen LogP contribution in [0.15, 0.2) is 72.7 Å². The van der Waals surface area contributed by atoms with E-state index >= 15 is 0 Å². The second-order valence-electron chi connectivity index (χ2n) is 8.37. The van der Waals surface area contributed by atoms with Gasteiger partial charge in [0.05, 0.1) is 18.4 Å². The highest BCUT2D eigenvalue weighted by Crippen LogP contribution is 2.37. The molecule has 0 saturated carbocycles. The predicted octanol–water partition coefficient (Wildman–Crippen LogP) is 4.56. The zero-order valence-corrected chi connectivity index (χ0v) is 20.0. The number of aryl methyl sites for hydroxylation is 2. The highest BCUT2D eigenvalue weighted by atomic mass is 16.5. The molecule has 34 heavy (non-hydrogen) atoms. The lowest BCUT2D eigenvalue weighted by atomic mass is 9.97. The van der Waals surface area contributed by atoms with Crippen molar-refractivity contribution in [3.8, 4) is 5.75 Å². The Labute approximate surface area is 200 Å². The fraction of sp³-hybridized carbons (Fsp3) is 0.250. The molecule has 2 amide bonds. The molecular weight excluding hydrogens is 426 g/mol. The van der Waals surface area contributed by atoms with E-state index in [1.165, 1.54) is 4.90 Å². The summed E-state index contributed by atoms with van der Waals surface area (Å²) in [6, 6.07) is 16.9. The quantitative estimate of drug-likeness (QED) is 0.466. The summed E-state index contributed by atoms with van der Waals surface area (Å²) >= 11 is 0. The number of aromatic nitrogens is 1. The Morgan fingerprint density at radius 2 is 1.74 bits per heavy atom. The molecule has 174 valence electrons. The maximum absolute atomic E-state index is 13.8. The Hall–Kier alpha value is -3.93. The van der Waals surface area contributed by atoms with Gasteiger partial charge in [-0.05, 0) is 68.1 Å². The highest BCUT2D eigenvalue weighted by molar-refractivity contribution is 6.45. The van der Waals surface area contributed by atoms with Gasteiger partial charge < -0.3 is 9.64 Å². The molecule has 0 spiro atoms. The molecule has 0 atom stereocenters. The minimum atomic E-state index is -0.317. The van der Waals surface area contributed by atoms with Crippen LogP contribution in [0.25, 0.3) is 5.57 Å². The van der Waals surface area contributed by atoms with Gasteiger partial charge in [0.25, 0.3) is 11.8 Å². The van der Waals surface area contributed by atoms with E-state index in [9.17, 15) is 9.59 Å². The van der Waals surface area contributed by atoms with Crippen LogP contribution >= 0.6 is 0 Å². The van der Waals surface area contributed by atoms with Crippen molar-refractivity contribution < 1.29 is 14.3 Å². The summed E-state index contributed by atoms with van der Waals surface area (Å²) in [5.41, 5.74) is 5.37. The molecule has 0 unspecified atom stereocenters. The predicted molar refractivity (Wildman–Crippen MR) is 134 cm³/mol. The van der Waals surface area contributed by atoms with Crippen molar-refractivity contribution in [1.29, 1.82) is 0 Å². The first-order chi connectivity index (χ1) is 16.4. The number of methoxy groups -OCH3 is 1. The van der Waals surface area contributed by atoms with Crippen molar-refractivity contribution in [2.75, 3.05) is 25.1 Å². The molecule has 3 aromatic rings. The van der Waals surface area contributed by atoms with E-state index < -0.39 is 0 Å². The minimum Gasteiger partial charge on any atom is -0.497 e. The second-order valence-corrected chi connectivity index (χ2v) is 8.37. The number of hydrogen-bond acceptors (Lipinski definition) is 5. The summed E-state index contributed by atoms with van der Waals surface area (Å²) in [5.74, 6) is -0.0444. The van der Waals surface area contributed by atoms with Gasteiger partial charge in [-0.25, -0.2) is 4.90 Å². The van der Waals surface area contributed by atoms with E-state index in [0.717, 1.165) is 28.7 Å². The van der Waals surface area contributed by atoms with Crippen LogP contribution < -0.4 is 9.64 Å². The van der Waals surface area contributed by atoms with E-state index in [-0.39, 0.29) is 11.8 Å². The standard InChI is InChI=1S/C28H29N3O3/c1-5-30(16-13-21-11-14-29-15-12-21)26-25(24-10-9-19(2)17-20(24)3)27(32)31(28(26)33)22-7-6-8-23(18-22)34-4/h6-12,14-15,17-18H,5,13,16H2,1-4H3. The van der Waals surface area contributed by atoms with Crippen LogP contribution in [0.2, 0.25) is 0 Å². The number of likely N-dealkylation sites (N-methyl/N-ethyl adjacent to an activating group) is 1. The molecule has 6 heteroatoms. The molecule has 1 aliphatic heterocycles. The summed E-state index contributed by atoms with van der Waals surface area (Å²) in [6.07, 6.45) is 4.27. The number of pyridine rings is 1. The number of carbonyl (C=O) groups is 2. The molecule has 4 rings (SSSR count). The fourth-order valence-electron chi connectivity index (χ4n) is 4.37. The lowest BCUT2D eigenvalue weighted by Gasteiger charge is -2.25. The number of hydrogen-bond donors (Lipinski definition) is 0. The molecule has 2 aromatic carbocycles. The van der Waals surface area contributed by atoms with Gasteiger partial charge >= 0.3 is 0 Å². The number of imide groups is 1. The zero-order chi connectivity index (χ0) is 24.2. The lowest BCUT2D eigenvalue weighted by molar-refractivity contribution is -0.120. The second kappa shape index (κ2) is 9.91. The van der Waals surface area contributed by atoms with Crippen molar-refractivity contribution in [1.82, 2.24) is 9.88 Å². The third-order valence-electron chi connectivity index (χ3n) is 6.14. The Bertz CT molecular complexity index is 1250. The number of ether oxygens (including phenoxy) is 1. The largest absolute Gasteiger partial charge is 0.497 e. The first-order valence-electron chi connectivity index (χ1n) is 11.4. The van der Waals surface area contributed by atoms with Gasteiger partial charge in [0.15, 0.2) is 0 Å². The number of benzene rings is 2. The van der Waals surface area contributed by atoms with Gasteiger partial charge in [0.1, 0.15) is 11.4 Å². The van der Waals surface area contributed by atoms with Gasteiger partial charge in [0.2, 0.25) is 0 Å². The number of nitrogens with zero attached hydrogens (tertiary/aromatic N) is 3. The van der Waals surface area contributed by atoms with E-state index in [1.807, 2.05) is 56.0 Å². The summed E-state index contributed by atoms with van der Waals surface area (Å²) < 4.78 is 5.33. The van der Waals surface area contributed by atoms with Crippen molar-refractivity contribution >= 4 is 23.1 Å². The molecule has 0 aliphatic carbocycles. The Morgan fingerprint density at radius 1 is 0.971 bits per heavy atom. The molecular formula is C28H29N3O3. The van der Waals surface area contributed by atoms with E-state index in [1.54, 1.807) is 43.8 Å². The van der Waals surface area contributed by atoms with Crippen LogP contribution in [0.1, 0.15) is 29.2 Å². The third kappa shape index (κ3) is 4.44. The van der Waals surface area contributed by atoms with E-state index in [0.29, 0.717) is 35.8 Å². The van der Waals surface area contributed by atoms with Gasteiger partial charge in [0, 0.05) is 31.5 Å². The average molecular weight is 456 g/mol. The maximum Gasteiger partial charge on any atom is 0.282 e. The molecule has 0 fully saturated rings. The Kier molecular flexibility index (Phi) is 6.77. The smallest absolute Gasteiger partial charge is 0.282 e. The summed E-state index contributed by atoms with van der Waals surface area (Å²) in [6.45, 7) is 7.20. The third-order valence-corrected chi connectivity index (χ3v) is 6.14. The van der Waals surface area contributed by atoms with Gasteiger partial charge in [-0.3, -0.25) is 14.6 Å². The SMILES string of the molecule is CCN(CCc1ccncc1)C1=C(c2ccc(C)cc2C)C(=O)N(c2cccc(OC)c2)C1=O. The van der Waals surface area contributed by atoms with Crippen LogP contribution in [0.3, 0.4) is 0 Å².